The van der Waals surface area contributed by atoms with Crippen LogP contribution in [0, 0.1) is 6.92 Å². The number of nitrogens with zero attached hydrogens (tertiary/aromatic N) is 2. The van der Waals surface area contributed by atoms with Gasteiger partial charge >= 0.3 is 0 Å². The third-order valence-corrected chi connectivity index (χ3v) is 2.42. The van der Waals surface area contributed by atoms with Crippen LogP contribution in [-0.4, -0.2) is 42.0 Å². The number of nitrogens with two attached hydrogens (primary N) is 1. The zero-order valence-electron chi connectivity index (χ0n) is 10.6. The SMILES string of the molecule is CCn1nc(C)cc1C(=O)NC(CN)COC. The van der Waals surface area contributed by atoms with Gasteiger partial charge in [-0.1, -0.05) is 0 Å². The molecule has 0 fully saturated rings. The van der Waals surface area contributed by atoms with Crippen molar-refractivity contribution in [3.63, 3.8) is 0 Å². The number of rotatable bonds is 6. The number of hydrogen-bond acceptors (Lipinski definition) is 4. The van der Waals surface area contributed by atoms with E-state index in [1.54, 1.807) is 17.9 Å². The molecule has 6 heteroatoms. The van der Waals surface area contributed by atoms with Gasteiger partial charge in [0.25, 0.3) is 5.91 Å². The fraction of sp³-hybridized carbons (Fsp3) is 0.636. The summed E-state index contributed by atoms with van der Waals surface area (Å²) in [5.41, 5.74) is 6.93. The summed E-state index contributed by atoms with van der Waals surface area (Å²) in [6, 6.07) is 1.59. The van der Waals surface area contributed by atoms with Crippen molar-refractivity contribution in [1.29, 1.82) is 0 Å². The second-order valence-corrected chi connectivity index (χ2v) is 3.85. The van der Waals surface area contributed by atoms with Gasteiger partial charge in [0.15, 0.2) is 0 Å². The van der Waals surface area contributed by atoms with Gasteiger partial charge in [-0.25, -0.2) is 0 Å². The quantitative estimate of drug-likeness (QED) is 0.728. The molecule has 0 radical (unpaired) electrons. The number of hydrogen-bond donors (Lipinski definition) is 2. The van der Waals surface area contributed by atoms with Gasteiger partial charge < -0.3 is 15.8 Å². The predicted molar refractivity (Wildman–Crippen MR) is 64.8 cm³/mol. The molecular weight excluding hydrogens is 220 g/mol. The summed E-state index contributed by atoms with van der Waals surface area (Å²) in [6.45, 7) is 5.21. The van der Waals surface area contributed by atoms with Crippen LogP contribution in [0.5, 0.6) is 0 Å². The molecule has 0 spiro atoms. The molecule has 0 aromatic carbocycles. The van der Waals surface area contributed by atoms with Crippen LogP contribution in [0.2, 0.25) is 0 Å². The molecule has 3 N–H and O–H groups in total. The third-order valence-electron chi connectivity index (χ3n) is 2.42. The molecule has 1 amide bonds. The lowest BCUT2D eigenvalue weighted by atomic mass is 10.3. The lowest BCUT2D eigenvalue weighted by Crippen LogP contribution is -2.43. The Labute approximate surface area is 101 Å². The zero-order chi connectivity index (χ0) is 12.8. The number of ether oxygens (including phenoxy) is 1. The number of aromatic nitrogens is 2. The van der Waals surface area contributed by atoms with E-state index in [1.165, 1.54) is 0 Å². The molecule has 1 rings (SSSR count). The molecule has 1 aromatic heterocycles. The van der Waals surface area contributed by atoms with Crippen LogP contribution in [0.25, 0.3) is 0 Å². The maximum atomic E-state index is 12.0. The first-order valence-electron chi connectivity index (χ1n) is 5.66. The number of nitrogens with one attached hydrogen (secondary N) is 1. The highest BCUT2D eigenvalue weighted by Crippen LogP contribution is 2.04. The second-order valence-electron chi connectivity index (χ2n) is 3.85. The number of methoxy groups -OCH3 is 1. The molecule has 0 saturated carbocycles. The van der Waals surface area contributed by atoms with Gasteiger partial charge in [0.05, 0.1) is 18.3 Å². The van der Waals surface area contributed by atoms with Gasteiger partial charge in [-0.2, -0.15) is 5.10 Å². The summed E-state index contributed by atoms with van der Waals surface area (Å²) < 4.78 is 6.65. The second kappa shape index (κ2) is 6.36. The highest BCUT2D eigenvalue weighted by atomic mass is 16.5. The Morgan fingerprint density at radius 1 is 1.71 bits per heavy atom. The molecule has 0 aliphatic heterocycles. The van der Waals surface area contributed by atoms with E-state index in [9.17, 15) is 4.79 Å². The first-order chi connectivity index (χ1) is 8.12. The number of carbonyl (C=O) groups excluding carboxylic acids is 1. The smallest absolute Gasteiger partial charge is 0.269 e. The fourth-order valence-corrected chi connectivity index (χ4v) is 1.60. The summed E-state index contributed by atoms with van der Waals surface area (Å²) >= 11 is 0. The molecule has 0 aliphatic rings. The zero-order valence-corrected chi connectivity index (χ0v) is 10.6. The highest BCUT2D eigenvalue weighted by Gasteiger charge is 2.16. The molecule has 1 unspecified atom stereocenters. The van der Waals surface area contributed by atoms with Crippen molar-refractivity contribution >= 4 is 5.91 Å². The van der Waals surface area contributed by atoms with Crippen LogP contribution in [0.4, 0.5) is 0 Å². The molecule has 96 valence electrons. The van der Waals surface area contributed by atoms with E-state index in [2.05, 4.69) is 10.4 Å². The molecule has 6 nitrogen and oxygen atoms in total. The topological polar surface area (TPSA) is 82.2 Å². The largest absolute Gasteiger partial charge is 0.383 e. The van der Waals surface area contributed by atoms with Crippen molar-refractivity contribution in [3.05, 3.63) is 17.5 Å². The molecule has 17 heavy (non-hydrogen) atoms. The summed E-state index contributed by atoms with van der Waals surface area (Å²) in [6.07, 6.45) is 0. The molecular formula is C11H20N4O2. The first kappa shape index (κ1) is 13.7. The predicted octanol–water partition coefficient (Wildman–Crippen LogP) is -0.0851. The minimum absolute atomic E-state index is 0.167. The van der Waals surface area contributed by atoms with Gasteiger partial charge in [-0.15, -0.1) is 0 Å². The Hall–Kier alpha value is -1.40. The highest BCUT2D eigenvalue weighted by molar-refractivity contribution is 5.92. The van der Waals surface area contributed by atoms with E-state index in [1.807, 2.05) is 13.8 Å². The molecule has 0 aliphatic carbocycles. The van der Waals surface area contributed by atoms with Gasteiger partial charge in [0.2, 0.25) is 0 Å². The van der Waals surface area contributed by atoms with Crippen molar-refractivity contribution in [3.8, 4) is 0 Å². The first-order valence-corrected chi connectivity index (χ1v) is 5.66. The van der Waals surface area contributed by atoms with E-state index in [0.29, 0.717) is 25.4 Å². The lowest BCUT2D eigenvalue weighted by molar-refractivity contribution is 0.0890. The van der Waals surface area contributed by atoms with E-state index in [0.717, 1.165) is 5.69 Å². The van der Waals surface area contributed by atoms with Gasteiger partial charge in [0.1, 0.15) is 5.69 Å². The Balaban J connectivity index is 2.74. The molecule has 0 saturated heterocycles. The van der Waals surface area contributed by atoms with Crippen LogP contribution in [0.15, 0.2) is 6.07 Å². The van der Waals surface area contributed by atoms with E-state index in [-0.39, 0.29) is 11.9 Å². The fourth-order valence-electron chi connectivity index (χ4n) is 1.60. The molecule has 1 aromatic rings. The average molecular weight is 240 g/mol. The maximum Gasteiger partial charge on any atom is 0.269 e. The van der Waals surface area contributed by atoms with Crippen LogP contribution >= 0.6 is 0 Å². The van der Waals surface area contributed by atoms with Crippen LogP contribution in [0.3, 0.4) is 0 Å². The van der Waals surface area contributed by atoms with Crippen molar-refractivity contribution in [1.82, 2.24) is 15.1 Å². The van der Waals surface area contributed by atoms with Crippen molar-refractivity contribution in [2.75, 3.05) is 20.3 Å². The van der Waals surface area contributed by atoms with E-state index >= 15 is 0 Å². The standard InChI is InChI=1S/C11H20N4O2/c1-4-15-10(5-8(2)14-15)11(16)13-9(6-12)7-17-3/h5,9H,4,6-7,12H2,1-3H3,(H,13,16). The Morgan fingerprint density at radius 3 is 2.94 bits per heavy atom. The van der Waals surface area contributed by atoms with E-state index in [4.69, 9.17) is 10.5 Å². The molecule has 1 atom stereocenters. The van der Waals surface area contributed by atoms with E-state index < -0.39 is 0 Å². The van der Waals surface area contributed by atoms with Crippen molar-refractivity contribution in [2.24, 2.45) is 5.73 Å². The average Bonchev–Trinajstić information content (AvgIpc) is 2.69. The normalized spacial score (nSPS) is 12.5. The number of amides is 1. The van der Waals surface area contributed by atoms with Crippen LogP contribution < -0.4 is 11.1 Å². The third kappa shape index (κ3) is 3.54. The lowest BCUT2D eigenvalue weighted by Gasteiger charge is -2.15. The minimum Gasteiger partial charge on any atom is -0.383 e. The van der Waals surface area contributed by atoms with Gasteiger partial charge in [-0.05, 0) is 19.9 Å². The summed E-state index contributed by atoms with van der Waals surface area (Å²) in [5, 5.41) is 7.04. The molecule has 1 heterocycles. The number of carbonyl (C=O) groups is 1. The van der Waals surface area contributed by atoms with Crippen molar-refractivity contribution < 1.29 is 9.53 Å². The Bertz CT molecular complexity index is 376. The summed E-state index contributed by atoms with van der Waals surface area (Å²) in [5.74, 6) is -0.167. The summed E-state index contributed by atoms with van der Waals surface area (Å²) in [7, 11) is 1.58. The van der Waals surface area contributed by atoms with Crippen molar-refractivity contribution in [2.45, 2.75) is 26.4 Å². The monoisotopic (exact) mass is 240 g/mol. The maximum absolute atomic E-state index is 12.0. The molecule has 0 bridgehead atoms. The van der Waals surface area contributed by atoms with Crippen LogP contribution in [-0.2, 0) is 11.3 Å². The Kier molecular flexibility index (Phi) is 5.11. The van der Waals surface area contributed by atoms with Crippen LogP contribution in [0.1, 0.15) is 23.1 Å². The van der Waals surface area contributed by atoms with Gasteiger partial charge in [0, 0.05) is 20.2 Å². The Morgan fingerprint density at radius 2 is 2.41 bits per heavy atom. The minimum atomic E-state index is -0.173. The summed E-state index contributed by atoms with van der Waals surface area (Å²) in [4.78, 5) is 12.0. The van der Waals surface area contributed by atoms with Gasteiger partial charge in [-0.3, -0.25) is 9.48 Å². The number of aryl methyl sites for hydroxylation is 2.